The van der Waals surface area contributed by atoms with Crippen molar-refractivity contribution in [2.75, 3.05) is 19.6 Å². The molecule has 1 N–H and O–H groups in total. The van der Waals surface area contributed by atoms with Crippen LogP contribution in [0.25, 0.3) is 11.0 Å². The smallest absolute Gasteiger partial charge is 0.224 e. The molecule has 1 aliphatic heterocycles. The maximum absolute atomic E-state index is 12.6. The molecular weight excluding hydrogens is 348 g/mol. The lowest BCUT2D eigenvalue weighted by Gasteiger charge is -2.33. The van der Waals surface area contributed by atoms with Crippen LogP contribution in [0.5, 0.6) is 0 Å². The molecule has 4 nitrogen and oxygen atoms in total. The van der Waals surface area contributed by atoms with Gasteiger partial charge in [0.2, 0.25) is 5.91 Å². The average Bonchev–Trinajstić information content (AvgIpc) is 3.15. The lowest BCUT2D eigenvalue weighted by molar-refractivity contribution is -0.121. The summed E-state index contributed by atoms with van der Waals surface area (Å²) in [5, 5.41) is 4.30. The summed E-state index contributed by atoms with van der Waals surface area (Å²) in [4.78, 5) is 15.1. The van der Waals surface area contributed by atoms with Gasteiger partial charge in [0.05, 0.1) is 12.7 Å². The summed E-state index contributed by atoms with van der Waals surface area (Å²) in [7, 11) is 0. The molecule has 0 radical (unpaired) electrons. The van der Waals surface area contributed by atoms with Gasteiger partial charge in [-0.3, -0.25) is 9.69 Å². The normalized spacial score (nSPS) is 21.6. The lowest BCUT2D eigenvalue weighted by Crippen LogP contribution is -2.45. The highest BCUT2D eigenvalue weighted by molar-refractivity contribution is 5.87. The van der Waals surface area contributed by atoms with Crippen molar-refractivity contribution in [3.05, 3.63) is 47.7 Å². The molecule has 0 saturated carbocycles. The number of nitrogens with one attached hydrogen (secondary N) is 1. The minimum Gasteiger partial charge on any atom is -0.464 e. The van der Waals surface area contributed by atoms with Gasteiger partial charge < -0.3 is 9.73 Å². The van der Waals surface area contributed by atoms with Crippen molar-refractivity contribution in [1.82, 2.24) is 10.2 Å². The van der Waals surface area contributed by atoms with Gasteiger partial charge in [-0.05, 0) is 56.2 Å². The molecule has 1 amide bonds. The minimum atomic E-state index is 0.120. The Hall–Kier alpha value is -2.07. The van der Waals surface area contributed by atoms with Gasteiger partial charge in [0.15, 0.2) is 0 Å². The molecule has 2 aliphatic rings. The van der Waals surface area contributed by atoms with Gasteiger partial charge in [0.25, 0.3) is 0 Å². The summed E-state index contributed by atoms with van der Waals surface area (Å²) in [5.41, 5.74) is 3.52. The molecule has 4 heteroatoms. The molecule has 0 unspecified atom stereocenters. The summed E-state index contributed by atoms with van der Waals surface area (Å²) in [6.07, 6.45) is 14.7. The van der Waals surface area contributed by atoms with Gasteiger partial charge in [-0.15, -0.1) is 0 Å². The molecular formula is C24H32N2O2. The number of rotatable bonds is 5. The van der Waals surface area contributed by atoms with E-state index in [4.69, 9.17) is 4.42 Å². The number of furan rings is 1. The SMILES string of the molecule is O=C(Cc1cccc2occc12)NC1CCN(C/C2=C/CCCCCC2)CC1. The fourth-order valence-corrected chi connectivity index (χ4v) is 4.59. The van der Waals surface area contributed by atoms with Gasteiger partial charge in [-0.25, -0.2) is 0 Å². The number of hydrogen-bond acceptors (Lipinski definition) is 3. The van der Waals surface area contributed by atoms with Crippen molar-refractivity contribution < 1.29 is 9.21 Å². The van der Waals surface area contributed by atoms with Gasteiger partial charge in [0.1, 0.15) is 5.58 Å². The Labute approximate surface area is 168 Å². The van der Waals surface area contributed by atoms with E-state index in [1.165, 1.54) is 38.5 Å². The Bertz CT molecular complexity index is 815. The van der Waals surface area contributed by atoms with Gasteiger partial charge >= 0.3 is 0 Å². The molecule has 4 rings (SSSR count). The number of carbonyl (C=O) groups excluding carboxylic acids is 1. The second-order valence-corrected chi connectivity index (χ2v) is 8.36. The summed E-state index contributed by atoms with van der Waals surface area (Å²) in [5.74, 6) is 0.120. The maximum Gasteiger partial charge on any atom is 0.224 e. The van der Waals surface area contributed by atoms with Crippen LogP contribution in [0.15, 0.2) is 46.6 Å². The van der Waals surface area contributed by atoms with Gasteiger partial charge in [-0.1, -0.05) is 36.6 Å². The van der Waals surface area contributed by atoms with E-state index in [0.29, 0.717) is 12.5 Å². The van der Waals surface area contributed by atoms with Crippen LogP contribution in [0, 0.1) is 0 Å². The summed E-state index contributed by atoms with van der Waals surface area (Å²) >= 11 is 0. The van der Waals surface area contributed by atoms with Crippen LogP contribution in [0.1, 0.15) is 56.9 Å². The second-order valence-electron chi connectivity index (χ2n) is 8.36. The first-order valence-corrected chi connectivity index (χ1v) is 10.9. The topological polar surface area (TPSA) is 45.5 Å². The zero-order valence-electron chi connectivity index (χ0n) is 16.8. The van der Waals surface area contributed by atoms with Crippen LogP contribution in [-0.2, 0) is 11.2 Å². The predicted molar refractivity (Wildman–Crippen MR) is 113 cm³/mol. The molecule has 1 saturated heterocycles. The van der Waals surface area contributed by atoms with E-state index in [1.807, 2.05) is 24.3 Å². The van der Waals surface area contributed by atoms with Crippen LogP contribution in [0.2, 0.25) is 0 Å². The van der Waals surface area contributed by atoms with Crippen LogP contribution >= 0.6 is 0 Å². The van der Waals surface area contributed by atoms with Crippen molar-refractivity contribution in [3.8, 4) is 0 Å². The fraction of sp³-hybridized carbons (Fsp3) is 0.542. The summed E-state index contributed by atoms with van der Waals surface area (Å²) in [6.45, 7) is 3.29. The van der Waals surface area contributed by atoms with E-state index in [2.05, 4.69) is 16.3 Å². The quantitative estimate of drug-likeness (QED) is 0.755. The Balaban J connectivity index is 1.24. The molecule has 0 atom stereocenters. The number of hydrogen-bond donors (Lipinski definition) is 1. The maximum atomic E-state index is 12.6. The molecule has 28 heavy (non-hydrogen) atoms. The van der Waals surface area contributed by atoms with E-state index in [9.17, 15) is 4.79 Å². The number of carbonyl (C=O) groups is 1. The summed E-state index contributed by atoms with van der Waals surface area (Å²) < 4.78 is 5.44. The highest BCUT2D eigenvalue weighted by Crippen LogP contribution is 2.22. The Morgan fingerprint density at radius 1 is 1.11 bits per heavy atom. The number of benzene rings is 1. The van der Waals surface area contributed by atoms with E-state index < -0.39 is 0 Å². The molecule has 0 bridgehead atoms. The third kappa shape index (κ3) is 5.05. The molecule has 1 aromatic carbocycles. The minimum absolute atomic E-state index is 0.120. The third-order valence-corrected chi connectivity index (χ3v) is 6.20. The van der Waals surface area contributed by atoms with Crippen LogP contribution in [0.4, 0.5) is 0 Å². The summed E-state index contributed by atoms with van der Waals surface area (Å²) in [6, 6.07) is 8.16. The van der Waals surface area contributed by atoms with Crippen LogP contribution < -0.4 is 5.32 Å². The molecule has 2 heterocycles. The highest BCUT2D eigenvalue weighted by Gasteiger charge is 2.21. The largest absolute Gasteiger partial charge is 0.464 e. The predicted octanol–water partition coefficient (Wildman–Crippen LogP) is 4.84. The van der Waals surface area contributed by atoms with Gasteiger partial charge in [0, 0.05) is 31.1 Å². The number of likely N-dealkylation sites (tertiary alicyclic amines) is 1. The fourth-order valence-electron chi connectivity index (χ4n) is 4.59. The second kappa shape index (κ2) is 9.42. The van der Waals surface area contributed by atoms with E-state index in [0.717, 1.165) is 49.0 Å². The Morgan fingerprint density at radius 2 is 1.96 bits per heavy atom. The number of amides is 1. The van der Waals surface area contributed by atoms with E-state index >= 15 is 0 Å². The Kier molecular flexibility index (Phi) is 6.48. The van der Waals surface area contributed by atoms with Crippen molar-refractivity contribution in [3.63, 3.8) is 0 Å². The first kappa shape index (κ1) is 19.3. The zero-order valence-corrected chi connectivity index (χ0v) is 16.8. The number of allylic oxidation sites excluding steroid dienone is 1. The van der Waals surface area contributed by atoms with Crippen LogP contribution in [-0.4, -0.2) is 36.5 Å². The van der Waals surface area contributed by atoms with Crippen molar-refractivity contribution in [1.29, 1.82) is 0 Å². The van der Waals surface area contributed by atoms with Crippen molar-refractivity contribution in [2.45, 2.75) is 63.8 Å². The molecule has 0 spiro atoms. The van der Waals surface area contributed by atoms with E-state index in [1.54, 1.807) is 11.8 Å². The highest BCUT2D eigenvalue weighted by atomic mass is 16.3. The van der Waals surface area contributed by atoms with Crippen LogP contribution in [0.3, 0.4) is 0 Å². The molecule has 150 valence electrons. The molecule has 1 fully saturated rings. The number of piperidine rings is 1. The number of fused-ring (bicyclic) bond motifs is 1. The zero-order chi connectivity index (χ0) is 19.2. The standard InChI is InChI=1S/C24H32N2O2/c27-24(17-20-9-6-10-23-22(20)13-16-28-23)25-21-11-14-26(15-12-21)18-19-7-4-2-1-3-5-8-19/h6-7,9-10,13,16,21H,1-5,8,11-12,14-15,17-18H2,(H,25,27)/b19-7+. The molecule has 1 aliphatic carbocycles. The third-order valence-electron chi connectivity index (χ3n) is 6.20. The van der Waals surface area contributed by atoms with Crippen molar-refractivity contribution in [2.24, 2.45) is 0 Å². The first-order chi connectivity index (χ1) is 13.8. The van der Waals surface area contributed by atoms with Gasteiger partial charge in [-0.2, -0.15) is 0 Å². The lowest BCUT2D eigenvalue weighted by atomic mass is 9.98. The molecule has 2 aromatic rings. The Morgan fingerprint density at radius 3 is 2.86 bits per heavy atom. The average molecular weight is 381 g/mol. The number of nitrogens with zero attached hydrogens (tertiary/aromatic N) is 1. The monoisotopic (exact) mass is 380 g/mol. The molecule has 1 aromatic heterocycles. The van der Waals surface area contributed by atoms with Crippen molar-refractivity contribution >= 4 is 16.9 Å². The van der Waals surface area contributed by atoms with E-state index in [-0.39, 0.29) is 5.91 Å². The first-order valence-electron chi connectivity index (χ1n) is 10.9.